The third kappa shape index (κ3) is 2.80. The molecule has 0 aliphatic carbocycles. The molecule has 2 saturated heterocycles. The molecule has 0 unspecified atom stereocenters. The SMILES string of the molecule is CCc1nc(CN2CCC3(CC2)OC[C@@H](C)O3)no1. The summed E-state index contributed by atoms with van der Waals surface area (Å²) in [5.41, 5.74) is 0. The van der Waals surface area contributed by atoms with E-state index in [9.17, 15) is 0 Å². The Labute approximate surface area is 113 Å². The molecule has 3 rings (SSSR count). The maximum Gasteiger partial charge on any atom is 0.226 e. The number of hydrogen-bond acceptors (Lipinski definition) is 6. The number of piperidine rings is 1. The molecule has 2 fully saturated rings. The molecule has 1 atom stereocenters. The lowest BCUT2D eigenvalue weighted by Crippen LogP contribution is -2.45. The fraction of sp³-hybridized carbons (Fsp3) is 0.846. The average Bonchev–Trinajstić information content (AvgIpc) is 3.00. The first-order valence-electron chi connectivity index (χ1n) is 7.05. The van der Waals surface area contributed by atoms with Crippen molar-refractivity contribution in [1.29, 1.82) is 0 Å². The first-order chi connectivity index (χ1) is 9.19. The van der Waals surface area contributed by atoms with Crippen LogP contribution >= 0.6 is 0 Å². The molecule has 0 radical (unpaired) electrons. The monoisotopic (exact) mass is 267 g/mol. The smallest absolute Gasteiger partial charge is 0.226 e. The van der Waals surface area contributed by atoms with Crippen LogP contribution in [0.3, 0.4) is 0 Å². The summed E-state index contributed by atoms with van der Waals surface area (Å²) >= 11 is 0. The molecule has 0 N–H and O–H groups in total. The van der Waals surface area contributed by atoms with Crippen molar-refractivity contribution in [2.45, 2.75) is 51.5 Å². The predicted molar refractivity (Wildman–Crippen MR) is 67.4 cm³/mol. The van der Waals surface area contributed by atoms with Crippen LogP contribution in [-0.4, -0.2) is 46.6 Å². The van der Waals surface area contributed by atoms with Crippen LogP contribution in [0.2, 0.25) is 0 Å². The number of ether oxygens (including phenoxy) is 2. The highest BCUT2D eigenvalue weighted by Crippen LogP contribution is 2.34. The molecule has 1 aromatic rings. The first-order valence-corrected chi connectivity index (χ1v) is 7.05. The molecule has 2 aliphatic rings. The lowest BCUT2D eigenvalue weighted by atomic mass is 10.0. The second-order valence-corrected chi connectivity index (χ2v) is 5.38. The van der Waals surface area contributed by atoms with Crippen molar-refractivity contribution >= 4 is 0 Å². The largest absolute Gasteiger partial charge is 0.347 e. The minimum atomic E-state index is -0.332. The second-order valence-electron chi connectivity index (χ2n) is 5.38. The topological polar surface area (TPSA) is 60.6 Å². The molecule has 0 aromatic carbocycles. The van der Waals surface area contributed by atoms with Crippen LogP contribution in [0.4, 0.5) is 0 Å². The van der Waals surface area contributed by atoms with Crippen LogP contribution in [0.15, 0.2) is 4.52 Å². The summed E-state index contributed by atoms with van der Waals surface area (Å²) in [7, 11) is 0. The van der Waals surface area contributed by atoms with E-state index in [0.717, 1.165) is 44.7 Å². The molecule has 2 aliphatic heterocycles. The highest BCUT2D eigenvalue weighted by Gasteiger charge is 2.42. The molecule has 19 heavy (non-hydrogen) atoms. The number of aryl methyl sites for hydroxylation is 1. The minimum absolute atomic E-state index is 0.218. The number of nitrogens with zero attached hydrogens (tertiary/aromatic N) is 3. The molecule has 1 aromatic heterocycles. The highest BCUT2D eigenvalue weighted by atomic mass is 16.7. The Morgan fingerprint density at radius 3 is 2.74 bits per heavy atom. The average molecular weight is 267 g/mol. The Balaban J connectivity index is 1.53. The third-order valence-corrected chi connectivity index (χ3v) is 3.79. The van der Waals surface area contributed by atoms with Crippen LogP contribution < -0.4 is 0 Å². The van der Waals surface area contributed by atoms with Gasteiger partial charge >= 0.3 is 0 Å². The lowest BCUT2D eigenvalue weighted by Gasteiger charge is -2.37. The van der Waals surface area contributed by atoms with Crippen LogP contribution in [0.25, 0.3) is 0 Å². The second kappa shape index (κ2) is 5.19. The molecule has 1 spiro atoms. The van der Waals surface area contributed by atoms with E-state index in [-0.39, 0.29) is 11.9 Å². The van der Waals surface area contributed by atoms with Crippen LogP contribution in [0.1, 0.15) is 38.4 Å². The van der Waals surface area contributed by atoms with Gasteiger partial charge in [-0.25, -0.2) is 0 Å². The lowest BCUT2D eigenvalue weighted by molar-refractivity contribution is -0.194. The molecule has 0 saturated carbocycles. The van der Waals surface area contributed by atoms with Gasteiger partial charge in [-0.3, -0.25) is 4.90 Å². The summed E-state index contributed by atoms with van der Waals surface area (Å²) in [5, 5.41) is 3.99. The highest BCUT2D eigenvalue weighted by molar-refractivity contribution is 4.89. The van der Waals surface area contributed by atoms with E-state index in [1.807, 2.05) is 6.92 Å². The minimum Gasteiger partial charge on any atom is -0.347 e. The maximum atomic E-state index is 5.91. The number of likely N-dealkylation sites (tertiary alicyclic amines) is 1. The van der Waals surface area contributed by atoms with Gasteiger partial charge in [0.1, 0.15) is 0 Å². The van der Waals surface area contributed by atoms with Gasteiger partial charge in [0.25, 0.3) is 0 Å². The van der Waals surface area contributed by atoms with E-state index < -0.39 is 0 Å². The number of aromatic nitrogens is 2. The van der Waals surface area contributed by atoms with Gasteiger partial charge in [0.2, 0.25) is 5.89 Å². The molecule has 106 valence electrons. The van der Waals surface area contributed by atoms with Gasteiger partial charge in [0.15, 0.2) is 11.6 Å². The van der Waals surface area contributed by atoms with Gasteiger partial charge in [-0.2, -0.15) is 4.98 Å². The molecular weight excluding hydrogens is 246 g/mol. The van der Waals surface area contributed by atoms with E-state index >= 15 is 0 Å². The van der Waals surface area contributed by atoms with E-state index in [2.05, 4.69) is 22.0 Å². The van der Waals surface area contributed by atoms with Gasteiger partial charge < -0.3 is 14.0 Å². The van der Waals surface area contributed by atoms with Gasteiger partial charge in [0, 0.05) is 32.4 Å². The third-order valence-electron chi connectivity index (χ3n) is 3.79. The van der Waals surface area contributed by atoms with Gasteiger partial charge in [-0.15, -0.1) is 0 Å². The normalized spacial score (nSPS) is 27.2. The van der Waals surface area contributed by atoms with Crippen molar-refractivity contribution in [3.8, 4) is 0 Å². The van der Waals surface area contributed by atoms with Crippen molar-refractivity contribution in [2.75, 3.05) is 19.7 Å². The fourth-order valence-electron chi connectivity index (χ4n) is 2.72. The summed E-state index contributed by atoms with van der Waals surface area (Å²) in [6.45, 7) is 7.43. The summed E-state index contributed by atoms with van der Waals surface area (Å²) in [4.78, 5) is 6.67. The van der Waals surface area contributed by atoms with Crippen molar-refractivity contribution < 1.29 is 14.0 Å². The van der Waals surface area contributed by atoms with Gasteiger partial charge in [0.05, 0.1) is 19.3 Å². The Hall–Kier alpha value is -0.980. The molecular formula is C13H21N3O3. The van der Waals surface area contributed by atoms with Crippen LogP contribution in [0.5, 0.6) is 0 Å². The van der Waals surface area contributed by atoms with Crippen molar-refractivity contribution in [3.63, 3.8) is 0 Å². The van der Waals surface area contributed by atoms with Crippen molar-refractivity contribution in [1.82, 2.24) is 15.0 Å². The summed E-state index contributed by atoms with van der Waals surface area (Å²) < 4.78 is 16.9. The van der Waals surface area contributed by atoms with E-state index in [1.165, 1.54) is 0 Å². The van der Waals surface area contributed by atoms with E-state index in [1.54, 1.807) is 0 Å². The predicted octanol–water partition coefficient (Wildman–Crippen LogP) is 1.36. The molecule has 6 nitrogen and oxygen atoms in total. The summed E-state index contributed by atoms with van der Waals surface area (Å²) in [5.74, 6) is 1.15. The molecule has 0 amide bonds. The zero-order valence-corrected chi connectivity index (χ0v) is 11.6. The number of rotatable bonds is 3. The maximum absolute atomic E-state index is 5.91. The van der Waals surface area contributed by atoms with Gasteiger partial charge in [-0.1, -0.05) is 12.1 Å². The van der Waals surface area contributed by atoms with E-state index in [4.69, 9.17) is 14.0 Å². The molecule has 6 heteroatoms. The first kappa shape index (κ1) is 13.0. The Morgan fingerprint density at radius 1 is 1.37 bits per heavy atom. The quantitative estimate of drug-likeness (QED) is 0.824. The Kier molecular flexibility index (Phi) is 3.56. The summed E-state index contributed by atoms with van der Waals surface area (Å²) in [6.07, 6.45) is 2.83. The Morgan fingerprint density at radius 2 is 2.16 bits per heavy atom. The number of hydrogen-bond donors (Lipinski definition) is 0. The fourth-order valence-corrected chi connectivity index (χ4v) is 2.72. The van der Waals surface area contributed by atoms with E-state index in [0.29, 0.717) is 12.5 Å². The molecule has 0 bridgehead atoms. The summed E-state index contributed by atoms with van der Waals surface area (Å²) in [6, 6.07) is 0. The van der Waals surface area contributed by atoms with Crippen molar-refractivity contribution in [2.24, 2.45) is 0 Å². The van der Waals surface area contributed by atoms with Crippen LogP contribution in [0, 0.1) is 0 Å². The van der Waals surface area contributed by atoms with Crippen molar-refractivity contribution in [3.05, 3.63) is 11.7 Å². The zero-order valence-electron chi connectivity index (χ0n) is 11.6. The Bertz CT molecular complexity index is 427. The zero-order chi connectivity index (χ0) is 13.3. The molecule has 3 heterocycles. The van der Waals surface area contributed by atoms with Crippen LogP contribution in [-0.2, 0) is 22.4 Å². The standard InChI is InChI=1S/C13H21N3O3/c1-3-12-14-11(15-19-12)8-16-6-4-13(5-7-16)17-9-10(2)18-13/h10H,3-9H2,1-2H3/t10-/m1/s1. The van der Waals surface area contributed by atoms with Gasteiger partial charge in [-0.05, 0) is 6.92 Å².